The fourth-order valence-electron chi connectivity index (χ4n) is 2.18. The highest BCUT2D eigenvalue weighted by Gasteiger charge is 2.17. The molecule has 1 fully saturated rings. The van der Waals surface area contributed by atoms with E-state index in [1.54, 1.807) is 6.08 Å². The van der Waals surface area contributed by atoms with Crippen LogP contribution in [-0.4, -0.2) is 15.4 Å². The highest BCUT2D eigenvalue weighted by Crippen LogP contribution is 2.30. The van der Waals surface area contributed by atoms with Gasteiger partial charge in [0, 0.05) is 5.25 Å². The second kappa shape index (κ2) is 6.95. The maximum absolute atomic E-state index is 5.88. The average Bonchev–Trinajstić information content (AvgIpc) is 2.87. The summed E-state index contributed by atoms with van der Waals surface area (Å²) in [4.78, 5) is 4.34. The van der Waals surface area contributed by atoms with Gasteiger partial charge in [0.15, 0.2) is 5.82 Å². The first-order chi connectivity index (χ1) is 8.79. The van der Waals surface area contributed by atoms with Crippen molar-refractivity contribution in [2.24, 2.45) is 5.73 Å². The minimum atomic E-state index is -0.219. The largest absolute Gasteiger partial charge is 0.338 e. The molecule has 0 spiro atoms. The smallest absolute Gasteiger partial charge is 0.243 e. The number of thioether (sulfide) groups is 1. The Hall–Kier alpha value is -0.810. The zero-order chi connectivity index (χ0) is 12.8. The molecule has 2 rings (SSSR count). The van der Waals surface area contributed by atoms with Crippen LogP contribution in [0.4, 0.5) is 0 Å². The number of rotatable bonds is 6. The molecule has 1 aliphatic rings. The van der Waals surface area contributed by atoms with Crippen LogP contribution in [0.2, 0.25) is 0 Å². The predicted octanol–water partition coefficient (Wildman–Crippen LogP) is 3.21. The van der Waals surface area contributed by atoms with Gasteiger partial charge < -0.3 is 10.3 Å². The molecule has 1 saturated carbocycles. The average molecular weight is 267 g/mol. The Morgan fingerprint density at radius 3 is 2.94 bits per heavy atom. The molecule has 1 aromatic heterocycles. The van der Waals surface area contributed by atoms with Gasteiger partial charge in [0.1, 0.15) is 0 Å². The van der Waals surface area contributed by atoms with Gasteiger partial charge >= 0.3 is 0 Å². The summed E-state index contributed by atoms with van der Waals surface area (Å²) in [7, 11) is 0. The van der Waals surface area contributed by atoms with Crippen LogP contribution in [0, 0.1) is 0 Å². The van der Waals surface area contributed by atoms with Gasteiger partial charge in [0.05, 0.1) is 11.8 Å². The molecule has 0 bridgehead atoms. The second-order valence-electron chi connectivity index (χ2n) is 4.75. The fourth-order valence-corrected chi connectivity index (χ4v) is 3.35. The molecule has 1 aromatic rings. The molecular formula is C13H21N3OS. The zero-order valence-corrected chi connectivity index (χ0v) is 11.5. The Kier molecular flexibility index (Phi) is 5.26. The van der Waals surface area contributed by atoms with Crippen LogP contribution in [0.15, 0.2) is 17.2 Å². The maximum atomic E-state index is 5.88. The molecule has 0 aliphatic heterocycles. The molecule has 1 unspecified atom stereocenters. The van der Waals surface area contributed by atoms with Crippen LogP contribution in [0.25, 0.3) is 0 Å². The van der Waals surface area contributed by atoms with Crippen molar-refractivity contribution in [2.45, 2.75) is 55.6 Å². The van der Waals surface area contributed by atoms with E-state index in [0.717, 1.165) is 16.8 Å². The number of hydrogen-bond donors (Lipinski definition) is 1. The van der Waals surface area contributed by atoms with Gasteiger partial charge in [-0.15, -0.1) is 6.58 Å². The number of nitrogens with zero attached hydrogens (tertiary/aromatic N) is 2. The van der Waals surface area contributed by atoms with E-state index in [2.05, 4.69) is 16.7 Å². The van der Waals surface area contributed by atoms with Gasteiger partial charge in [-0.2, -0.15) is 16.7 Å². The van der Waals surface area contributed by atoms with Gasteiger partial charge in [-0.05, 0) is 19.3 Å². The minimum absolute atomic E-state index is 0.219. The molecule has 2 N–H and O–H groups in total. The normalized spacial score (nSPS) is 18.7. The summed E-state index contributed by atoms with van der Waals surface area (Å²) in [5.41, 5.74) is 5.88. The highest BCUT2D eigenvalue weighted by atomic mass is 32.2. The standard InChI is InChI=1S/C13H21N3OS/c1-2-6-11(14)13-15-12(16-17-13)9-18-10-7-4-3-5-8-10/h2,10-11H,1,3-9,14H2. The monoisotopic (exact) mass is 267 g/mol. The molecule has 4 nitrogen and oxygen atoms in total. The first-order valence-corrected chi connectivity index (χ1v) is 7.65. The fraction of sp³-hybridized carbons (Fsp3) is 0.692. The second-order valence-corrected chi connectivity index (χ2v) is 6.04. The molecule has 0 radical (unpaired) electrons. The molecular weight excluding hydrogens is 246 g/mol. The van der Waals surface area contributed by atoms with E-state index in [0.29, 0.717) is 12.3 Å². The van der Waals surface area contributed by atoms with Crippen molar-refractivity contribution in [3.05, 3.63) is 24.4 Å². The Balaban J connectivity index is 1.80. The molecule has 1 atom stereocenters. The van der Waals surface area contributed by atoms with Crippen molar-refractivity contribution in [2.75, 3.05) is 0 Å². The van der Waals surface area contributed by atoms with Crippen LogP contribution < -0.4 is 5.73 Å². The molecule has 0 amide bonds. The third kappa shape index (κ3) is 3.85. The Morgan fingerprint density at radius 2 is 2.22 bits per heavy atom. The first-order valence-electron chi connectivity index (χ1n) is 6.60. The van der Waals surface area contributed by atoms with Crippen LogP contribution in [0.5, 0.6) is 0 Å². The summed E-state index contributed by atoms with van der Waals surface area (Å²) < 4.78 is 5.17. The summed E-state index contributed by atoms with van der Waals surface area (Å²) in [5, 5.41) is 4.75. The van der Waals surface area contributed by atoms with Gasteiger partial charge in [0.2, 0.25) is 5.89 Å². The van der Waals surface area contributed by atoms with Crippen molar-refractivity contribution < 1.29 is 4.52 Å². The Morgan fingerprint density at radius 1 is 1.44 bits per heavy atom. The van der Waals surface area contributed by atoms with Crippen LogP contribution in [0.1, 0.15) is 56.3 Å². The van der Waals surface area contributed by atoms with Gasteiger partial charge in [0.25, 0.3) is 0 Å². The lowest BCUT2D eigenvalue weighted by Gasteiger charge is -2.19. The first kappa shape index (κ1) is 13.6. The molecule has 1 aliphatic carbocycles. The SMILES string of the molecule is C=CCC(N)c1nc(CSC2CCCCC2)no1. The summed E-state index contributed by atoms with van der Waals surface area (Å²) in [6.07, 6.45) is 9.19. The van der Waals surface area contributed by atoms with Crippen LogP contribution >= 0.6 is 11.8 Å². The van der Waals surface area contributed by atoms with E-state index in [4.69, 9.17) is 10.3 Å². The van der Waals surface area contributed by atoms with Crippen molar-refractivity contribution in [3.8, 4) is 0 Å². The van der Waals surface area contributed by atoms with Gasteiger partial charge in [-0.1, -0.05) is 30.5 Å². The summed E-state index contributed by atoms with van der Waals surface area (Å²) >= 11 is 1.94. The Labute approximate surface area is 112 Å². The number of aromatic nitrogens is 2. The summed E-state index contributed by atoms with van der Waals surface area (Å²) in [6, 6.07) is -0.219. The topological polar surface area (TPSA) is 64.9 Å². The van der Waals surface area contributed by atoms with Crippen molar-refractivity contribution in [1.82, 2.24) is 10.1 Å². The van der Waals surface area contributed by atoms with Crippen molar-refractivity contribution >= 4 is 11.8 Å². The third-order valence-electron chi connectivity index (χ3n) is 3.22. The van der Waals surface area contributed by atoms with Crippen LogP contribution in [0.3, 0.4) is 0 Å². The van der Waals surface area contributed by atoms with E-state index in [1.165, 1.54) is 32.1 Å². The van der Waals surface area contributed by atoms with Gasteiger partial charge in [-0.3, -0.25) is 0 Å². The molecule has 0 saturated heterocycles. The highest BCUT2D eigenvalue weighted by molar-refractivity contribution is 7.99. The van der Waals surface area contributed by atoms with Gasteiger partial charge in [-0.25, -0.2) is 0 Å². The molecule has 0 aromatic carbocycles. The molecule has 1 heterocycles. The van der Waals surface area contributed by atoms with E-state index < -0.39 is 0 Å². The Bertz CT molecular complexity index is 374. The van der Waals surface area contributed by atoms with E-state index in [1.807, 2.05) is 11.8 Å². The summed E-state index contributed by atoms with van der Waals surface area (Å²) in [5.74, 6) is 2.11. The van der Waals surface area contributed by atoms with E-state index >= 15 is 0 Å². The maximum Gasteiger partial charge on any atom is 0.243 e. The zero-order valence-electron chi connectivity index (χ0n) is 10.7. The third-order valence-corrected chi connectivity index (χ3v) is 4.59. The number of nitrogens with two attached hydrogens (primary N) is 1. The molecule has 5 heteroatoms. The lowest BCUT2D eigenvalue weighted by atomic mass is 10.0. The minimum Gasteiger partial charge on any atom is -0.338 e. The van der Waals surface area contributed by atoms with E-state index in [9.17, 15) is 0 Å². The quantitative estimate of drug-likeness (QED) is 0.802. The van der Waals surface area contributed by atoms with Crippen molar-refractivity contribution in [1.29, 1.82) is 0 Å². The lowest BCUT2D eigenvalue weighted by Crippen LogP contribution is -2.10. The summed E-state index contributed by atoms with van der Waals surface area (Å²) in [6.45, 7) is 3.66. The lowest BCUT2D eigenvalue weighted by molar-refractivity contribution is 0.352. The number of hydrogen-bond acceptors (Lipinski definition) is 5. The molecule has 18 heavy (non-hydrogen) atoms. The van der Waals surface area contributed by atoms with E-state index in [-0.39, 0.29) is 6.04 Å². The van der Waals surface area contributed by atoms with Crippen molar-refractivity contribution in [3.63, 3.8) is 0 Å². The van der Waals surface area contributed by atoms with Crippen LogP contribution in [-0.2, 0) is 5.75 Å². The molecule has 100 valence electrons. The predicted molar refractivity (Wildman–Crippen MR) is 74.2 cm³/mol.